The van der Waals surface area contributed by atoms with Crippen molar-refractivity contribution >= 4 is 38.3 Å². The van der Waals surface area contributed by atoms with E-state index < -0.39 is 0 Å². The lowest BCUT2D eigenvalue weighted by molar-refractivity contribution is 0.0985. The number of pyridine rings is 1. The molecule has 0 fully saturated rings. The second-order valence-electron chi connectivity index (χ2n) is 7.31. The Hall–Kier alpha value is -3.25. The number of thiazole rings is 1. The topological polar surface area (TPSA) is 49.3 Å². The molecule has 4 rings (SSSR count). The number of rotatable bonds is 6. The number of nitrogens with zero attached hydrogens (tertiary/aromatic N) is 4. The number of hydrogen-bond acceptors (Lipinski definition) is 5. The summed E-state index contributed by atoms with van der Waals surface area (Å²) in [6.45, 7) is 2.51. The number of aromatic nitrogens is 2. The van der Waals surface area contributed by atoms with E-state index in [0.29, 0.717) is 17.2 Å². The van der Waals surface area contributed by atoms with Gasteiger partial charge in [-0.1, -0.05) is 30.4 Å². The predicted octanol–water partition coefficient (Wildman–Crippen LogP) is 5.17. The molecule has 0 saturated carbocycles. The van der Waals surface area contributed by atoms with Crippen LogP contribution in [-0.2, 0) is 13.0 Å². The van der Waals surface area contributed by atoms with Crippen LogP contribution in [0.4, 0.5) is 10.8 Å². The molecule has 0 N–H and O–H groups in total. The van der Waals surface area contributed by atoms with Crippen LogP contribution in [0.25, 0.3) is 10.2 Å². The largest absolute Gasteiger partial charge is 0.378 e. The molecule has 0 bridgehead atoms. The molecule has 5 nitrogen and oxygen atoms in total. The van der Waals surface area contributed by atoms with Crippen molar-refractivity contribution in [1.82, 2.24) is 9.97 Å². The van der Waals surface area contributed by atoms with Crippen LogP contribution >= 0.6 is 11.3 Å². The molecule has 0 spiro atoms. The lowest BCUT2D eigenvalue weighted by Crippen LogP contribution is -2.30. The van der Waals surface area contributed by atoms with E-state index in [9.17, 15) is 4.79 Å². The van der Waals surface area contributed by atoms with Crippen LogP contribution in [0.3, 0.4) is 0 Å². The maximum atomic E-state index is 13.5. The standard InChI is InChI=1S/C24H24N4OS/c1-4-17-8-13-21-22(15-17)30-24(26-21)28(16-19-7-5-6-14-25-19)23(29)18-9-11-20(12-10-18)27(2)3/h5-15H,4,16H2,1-3H3. The van der Waals surface area contributed by atoms with Crippen molar-refractivity contribution in [2.45, 2.75) is 19.9 Å². The van der Waals surface area contributed by atoms with Gasteiger partial charge < -0.3 is 4.90 Å². The Morgan fingerprint density at radius 3 is 2.50 bits per heavy atom. The Kier molecular flexibility index (Phi) is 5.77. The van der Waals surface area contributed by atoms with E-state index in [-0.39, 0.29) is 5.91 Å². The predicted molar refractivity (Wildman–Crippen MR) is 125 cm³/mol. The third-order valence-electron chi connectivity index (χ3n) is 5.00. The molecular weight excluding hydrogens is 392 g/mol. The summed E-state index contributed by atoms with van der Waals surface area (Å²) in [6, 6.07) is 19.7. The highest BCUT2D eigenvalue weighted by molar-refractivity contribution is 7.22. The van der Waals surface area contributed by atoms with Gasteiger partial charge in [0.2, 0.25) is 0 Å². The SMILES string of the molecule is CCc1ccc2nc(N(Cc3ccccn3)C(=O)c3ccc(N(C)C)cc3)sc2c1. The van der Waals surface area contributed by atoms with Gasteiger partial charge in [0.05, 0.1) is 22.5 Å². The molecule has 0 unspecified atom stereocenters. The molecule has 0 radical (unpaired) electrons. The number of amides is 1. The second kappa shape index (κ2) is 8.63. The summed E-state index contributed by atoms with van der Waals surface area (Å²) in [5, 5.41) is 0.686. The Bertz CT molecular complexity index is 1150. The highest BCUT2D eigenvalue weighted by atomic mass is 32.1. The van der Waals surface area contributed by atoms with Crippen molar-refractivity contribution in [2.75, 3.05) is 23.9 Å². The molecule has 30 heavy (non-hydrogen) atoms. The van der Waals surface area contributed by atoms with Crippen molar-refractivity contribution in [1.29, 1.82) is 0 Å². The first-order valence-corrected chi connectivity index (χ1v) is 10.8. The molecule has 1 amide bonds. The molecule has 0 aliphatic carbocycles. The monoisotopic (exact) mass is 416 g/mol. The number of anilines is 2. The van der Waals surface area contributed by atoms with Gasteiger partial charge in [0.25, 0.3) is 5.91 Å². The van der Waals surface area contributed by atoms with Gasteiger partial charge in [-0.25, -0.2) is 4.98 Å². The summed E-state index contributed by atoms with van der Waals surface area (Å²) in [6.07, 6.45) is 2.72. The Labute approximate surface area is 180 Å². The highest BCUT2D eigenvalue weighted by Crippen LogP contribution is 2.31. The number of hydrogen-bond donors (Lipinski definition) is 0. The molecule has 6 heteroatoms. The summed E-state index contributed by atoms with van der Waals surface area (Å²) in [5.41, 5.74) is 4.68. The zero-order valence-electron chi connectivity index (χ0n) is 17.4. The van der Waals surface area contributed by atoms with Crippen LogP contribution in [0.15, 0.2) is 66.9 Å². The third-order valence-corrected chi connectivity index (χ3v) is 6.04. The molecule has 2 aromatic carbocycles. The zero-order chi connectivity index (χ0) is 21.1. The van der Waals surface area contributed by atoms with E-state index in [1.807, 2.05) is 67.5 Å². The molecule has 2 aromatic heterocycles. The van der Waals surface area contributed by atoms with Crippen LogP contribution in [0.5, 0.6) is 0 Å². The number of benzene rings is 2. The van der Waals surface area contributed by atoms with Crippen LogP contribution in [-0.4, -0.2) is 30.0 Å². The van der Waals surface area contributed by atoms with Gasteiger partial charge >= 0.3 is 0 Å². The maximum Gasteiger partial charge on any atom is 0.260 e. The summed E-state index contributed by atoms with van der Waals surface area (Å²) in [4.78, 5) is 26.4. The average molecular weight is 417 g/mol. The van der Waals surface area contributed by atoms with Crippen molar-refractivity contribution < 1.29 is 4.79 Å². The third kappa shape index (κ3) is 4.19. The first-order chi connectivity index (χ1) is 14.5. The van der Waals surface area contributed by atoms with Crippen molar-refractivity contribution in [3.63, 3.8) is 0 Å². The second-order valence-corrected chi connectivity index (χ2v) is 8.31. The van der Waals surface area contributed by atoms with E-state index in [4.69, 9.17) is 4.98 Å². The molecule has 0 aliphatic heterocycles. The minimum Gasteiger partial charge on any atom is -0.378 e. The molecule has 4 aromatic rings. The molecule has 152 valence electrons. The van der Waals surface area contributed by atoms with Gasteiger partial charge in [-0.3, -0.25) is 14.7 Å². The molecule has 0 saturated heterocycles. The normalized spacial score (nSPS) is 10.9. The van der Waals surface area contributed by atoms with E-state index >= 15 is 0 Å². The lowest BCUT2D eigenvalue weighted by atomic mass is 10.1. The Balaban J connectivity index is 1.73. The fourth-order valence-electron chi connectivity index (χ4n) is 3.23. The summed E-state index contributed by atoms with van der Waals surface area (Å²) < 4.78 is 1.09. The highest BCUT2D eigenvalue weighted by Gasteiger charge is 2.22. The quantitative estimate of drug-likeness (QED) is 0.435. The first-order valence-electron chi connectivity index (χ1n) is 9.94. The van der Waals surface area contributed by atoms with Crippen LogP contribution in [0.1, 0.15) is 28.5 Å². The zero-order valence-corrected chi connectivity index (χ0v) is 18.2. The van der Waals surface area contributed by atoms with Crippen molar-refractivity contribution in [3.05, 3.63) is 83.7 Å². The van der Waals surface area contributed by atoms with Gasteiger partial charge in [-0.15, -0.1) is 0 Å². The van der Waals surface area contributed by atoms with Crippen molar-refractivity contribution in [3.8, 4) is 0 Å². The van der Waals surface area contributed by atoms with Crippen LogP contribution in [0.2, 0.25) is 0 Å². The Morgan fingerprint density at radius 1 is 1.03 bits per heavy atom. The fourth-order valence-corrected chi connectivity index (χ4v) is 4.26. The van der Waals surface area contributed by atoms with E-state index in [1.54, 1.807) is 22.4 Å². The summed E-state index contributed by atoms with van der Waals surface area (Å²) in [7, 11) is 3.96. The minimum absolute atomic E-state index is 0.0827. The Morgan fingerprint density at radius 2 is 1.83 bits per heavy atom. The van der Waals surface area contributed by atoms with Crippen LogP contribution in [0, 0.1) is 0 Å². The van der Waals surface area contributed by atoms with Gasteiger partial charge in [0, 0.05) is 31.5 Å². The van der Waals surface area contributed by atoms with E-state index in [2.05, 4.69) is 24.0 Å². The van der Waals surface area contributed by atoms with Gasteiger partial charge in [0.1, 0.15) is 0 Å². The average Bonchev–Trinajstić information content (AvgIpc) is 3.20. The van der Waals surface area contributed by atoms with Gasteiger partial charge in [0.15, 0.2) is 5.13 Å². The summed E-state index contributed by atoms with van der Waals surface area (Å²) in [5.74, 6) is -0.0827. The smallest absolute Gasteiger partial charge is 0.260 e. The van der Waals surface area contributed by atoms with Crippen molar-refractivity contribution in [2.24, 2.45) is 0 Å². The first kappa shape index (κ1) is 20.0. The lowest BCUT2D eigenvalue weighted by Gasteiger charge is -2.20. The van der Waals surface area contributed by atoms with Crippen LogP contribution < -0.4 is 9.80 Å². The van der Waals surface area contributed by atoms with Gasteiger partial charge in [-0.05, 0) is 60.5 Å². The number of carbonyl (C=O) groups excluding carboxylic acids is 1. The molecule has 0 aliphatic rings. The van der Waals surface area contributed by atoms with E-state index in [0.717, 1.165) is 28.0 Å². The van der Waals surface area contributed by atoms with E-state index in [1.165, 1.54) is 5.56 Å². The molecule has 2 heterocycles. The number of carbonyl (C=O) groups is 1. The number of aryl methyl sites for hydroxylation is 1. The molecule has 0 atom stereocenters. The van der Waals surface area contributed by atoms with Gasteiger partial charge in [-0.2, -0.15) is 0 Å². The summed E-state index contributed by atoms with van der Waals surface area (Å²) >= 11 is 1.54. The number of fused-ring (bicyclic) bond motifs is 1. The maximum absolute atomic E-state index is 13.5. The molecular formula is C24H24N4OS. The fraction of sp³-hybridized carbons (Fsp3) is 0.208. The minimum atomic E-state index is -0.0827.